The highest BCUT2D eigenvalue weighted by Crippen LogP contribution is 2.21. The third-order valence-electron chi connectivity index (χ3n) is 3.51. The Kier molecular flexibility index (Phi) is 5.08. The number of phenolic OH excluding ortho intramolecular Hbond substituents is 1. The fourth-order valence-electron chi connectivity index (χ4n) is 2.25. The van der Waals surface area contributed by atoms with Gasteiger partial charge in [0.1, 0.15) is 5.75 Å². The number of benzene rings is 1. The largest absolute Gasteiger partial charge is 0.508 e. The van der Waals surface area contributed by atoms with Crippen LogP contribution in [-0.2, 0) is 6.42 Å². The molecule has 0 aliphatic rings. The van der Waals surface area contributed by atoms with Gasteiger partial charge in [0, 0.05) is 41.8 Å². The number of nitrogens with zero attached hydrogens (tertiary/aromatic N) is 2. The predicted molar refractivity (Wildman–Crippen MR) is 95.8 cm³/mol. The number of hydrogen-bond donors (Lipinski definition) is 1. The number of carbonyl (C=O) groups excluding carboxylic acids is 1. The molecule has 2 heterocycles. The lowest BCUT2D eigenvalue weighted by molar-refractivity contribution is 0.112. The second-order valence-corrected chi connectivity index (χ2v) is 5.71. The van der Waals surface area contributed by atoms with Gasteiger partial charge >= 0.3 is 0 Å². The first-order valence-corrected chi connectivity index (χ1v) is 7.87. The number of hydrogen-bond acceptors (Lipinski definition) is 4. The molecular weight excluding hydrogens is 336 g/mol. The first-order valence-electron chi connectivity index (χ1n) is 7.49. The molecule has 1 aromatic carbocycles. The zero-order valence-electron chi connectivity index (χ0n) is 13.1. The molecule has 0 saturated carbocycles. The van der Waals surface area contributed by atoms with Gasteiger partial charge in [0.05, 0.1) is 10.6 Å². The van der Waals surface area contributed by atoms with E-state index in [9.17, 15) is 9.90 Å². The van der Waals surface area contributed by atoms with Gasteiger partial charge < -0.3 is 5.11 Å². The minimum absolute atomic E-state index is 0.208. The molecule has 0 unspecified atom stereocenters. The van der Waals surface area contributed by atoms with Crippen LogP contribution in [-0.4, -0.2) is 21.4 Å². The number of carbonyl (C=O) groups is 1. The van der Waals surface area contributed by atoms with E-state index in [1.807, 2.05) is 12.1 Å². The molecule has 0 aliphatic carbocycles. The second-order valence-electron chi connectivity index (χ2n) is 5.33. The minimum atomic E-state index is 0.208. The third kappa shape index (κ3) is 4.23. The average Bonchev–Trinajstić information content (AvgIpc) is 2.63. The van der Waals surface area contributed by atoms with E-state index in [2.05, 4.69) is 21.8 Å². The van der Waals surface area contributed by atoms with E-state index in [1.54, 1.807) is 36.7 Å². The maximum Gasteiger partial charge on any atom is 0.153 e. The Hall–Kier alpha value is -3.16. The topological polar surface area (TPSA) is 63.1 Å². The molecule has 4 nitrogen and oxygen atoms in total. The van der Waals surface area contributed by atoms with Crippen molar-refractivity contribution in [2.24, 2.45) is 0 Å². The highest BCUT2D eigenvalue weighted by molar-refractivity contribution is 6.33. The number of aromatic nitrogens is 2. The van der Waals surface area contributed by atoms with E-state index in [-0.39, 0.29) is 5.75 Å². The van der Waals surface area contributed by atoms with Crippen LogP contribution < -0.4 is 0 Å². The lowest BCUT2D eigenvalue weighted by Crippen LogP contribution is -1.97. The normalized spacial score (nSPS) is 9.96. The van der Waals surface area contributed by atoms with Gasteiger partial charge in [-0.05, 0) is 42.0 Å². The molecule has 1 N–H and O–H groups in total. The van der Waals surface area contributed by atoms with Crippen LogP contribution in [0.3, 0.4) is 0 Å². The van der Waals surface area contributed by atoms with Crippen molar-refractivity contribution in [1.29, 1.82) is 0 Å². The van der Waals surface area contributed by atoms with Crippen LogP contribution >= 0.6 is 11.6 Å². The second kappa shape index (κ2) is 7.61. The Labute approximate surface area is 150 Å². The molecular formula is C20H13ClN2O2. The molecule has 0 spiro atoms. The standard InChI is InChI=1S/C20H13ClN2O2/c21-20-16(11-22-12-17(20)13-24)10-18-9-15(7-8-23-18)2-1-14-3-5-19(25)6-4-14/h3-9,11-13,25H,10H2. The molecule has 0 amide bonds. The fourth-order valence-corrected chi connectivity index (χ4v) is 2.46. The molecule has 122 valence electrons. The summed E-state index contributed by atoms with van der Waals surface area (Å²) in [6, 6.07) is 10.4. The summed E-state index contributed by atoms with van der Waals surface area (Å²) in [7, 11) is 0. The molecule has 0 fully saturated rings. The van der Waals surface area contributed by atoms with Gasteiger partial charge in [0.15, 0.2) is 6.29 Å². The smallest absolute Gasteiger partial charge is 0.153 e. The summed E-state index contributed by atoms with van der Waals surface area (Å²) >= 11 is 6.21. The van der Waals surface area contributed by atoms with Gasteiger partial charge in [-0.15, -0.1) is 0 Å². The Balaban J connectivity index is 1.83. The van der Waals surface area contributed by atoms with Crippen LogP contribution in [0.5, 0.6) is 5.75 Å². The van der Waals surface area contributed by atoms with Gasteiger partial charge in [-0.3, -0.25) is 14.8 Å². The molecule has 0 saturated heterocycles. The number of aldehydes is 1. The van der Waals surface area contributed by atoms with E-state index in [1.165, 1.54) is 6.20 Å². The number of halogens is 1. The molecule has 5 heteroatoms. The molecule has 0 atom stereocenters. The van der Waals surface area contributed by atoms with Crippen LogP contribution in [0.15, 0.2) is 55.0 Å². The minimum Gasteiger partial charge on any atom is -0.508 e. The Morgan fingerprint density at radius 2 is 1.84 bits per heavy atom. The van der Waals surface area contributed by atoms with Crippen LogP contribution in [0, 0.1) is 11.8 Å². The van der Waals surface area contributed by atoms with Crippen molar-refractivity contribution in [1.82, 2.24) is 9.97 Å². The van der Waals surface area contributed by atoms with Crippen LogP contribution in [0.1, 0.15) is 32.7 Å². The lowest BCUT2D eigenvalue weighted by Gasteiger charge is -2.05. The monoisotopic (exact) mass is 348 g/mol. The Morgan fingerprint density at radius 1 is 1.08 bits per heavy atom. The third-order valence-corrected chi connectivity index (χ3v) is 3.97. The Bertz CT molecular complexity index is 973. The number of pyridine rings is 2. The summed E-state index contributed by atoms with van der Waals surface area (Å²) < 4.78 is 0. The molecule has 0 aliphatic heterocycles. The van der Waals surface area contributed by atoms with Gasteiger partial charge in [0.2, 0.25) is 0 Å². The predicted octanol–water partition coefficient (Wildman–Crippen LogP) is 3.64. The zero-order valence-corrected chi connectivity index (χ0v) is 13.9. The summed E-state index contributed by atoms with van der Waals surface area (Å²) in [6.45, 7) is 0. The van der Waals surface area contributed by atoms with Crippen molar-refractivity contribution >= 4 is 17.9 Å². The maximum atomic E-state index is 11.0. The number of rotatable bonds is 3. The summed E-state index contributed by atoms with van der Waals surface area (Å²) in [5, 5.41) is 9.68. The summed E-state index contributed by atoms with van der Waals surface area (Å²) in [5.74, 6) is 6.31. The van der Waals surface area contributed by atoms with Crippen LogP contribution in [0.4, 0.5) is 0 Å². The highest BCUT2D eigenvalue weighted by atomic mass is 35.5. The zero-order chi connectivity index (χ0) is 17.6. The van der Waals surface area contributed by atoms with Gasteiger partial charge in [-0.1, -0.05) is 23.4 Å². The maximum absolute atomic E-state index is 11.0. The Morgan fingerprint density at radius 3 is 2.60 bits per heavy atom. The van der Waals surface area contributed by atoms with E-state index >= 15 is 0 Å². The van der Waals surface area contributed by atoms with Crippen molar-refractivity contribution in [2.75, 3.05) is 0 Å². The average molecular weight is 349 g/mol. The van der Waals surface area contributed by atoms with Gasteiger partial charge in [-0.25, -0.2) is 0 Å². The van der Waals surface area contributed by atoms with Gasteiger partial charge in [-0.2, -0.15) is 0 Å². The molecule has 3 rings (SSSR count). The van der Waals surface area contributed by atoms with Crippen LogP contribution in [0.2, 0.25) is 5.02 Å². The first kappa shape index (κ1) is 16.7. The summed E-state index contributed by atoms with van der Waals surface area (Å²) in [6.07, 6.45) is 5.90. The highest BCUT2D eigenvalue weighted by Gasteiger charge is 2.08. The summed E-state index contributed by atoms with van der Waals surface area (Å²) in [5.41, 5.74) is 3.50. The summed E-state index contributed by atoms with van der Waals surface area (Å²) in [4.78, 5) is 19.3. The van der Waals surface area contributed by atoms with E-state index in [4.69, 9.17) is 11.6 Å². The van der Waals surface area contributed by atoms with Crippen molar-refractivity contribution in [2.45, 2.75) is 6.42 Å². The molecule has 2 aromatic heterocycles. The van der Waals surface area contributed by atoms with Crippen molar-refractivity contribution < 1.29 is 9.90 Å². The van der Waals surface area contributed by atoms with Crippen LogP contribution in [0.25, 0.3) is 0 Å². The SMILES string of the molecule is O=Cc1cncc(Cc2cc(C#Cc3ccc(O)cc3)ccn2)c1Cl. The first-order chi connectivity index (χ1) is 12.2. The molecule has 25 heavy (non-hydrogen) atoms. The quantitative estimate of drug-likeness (QED) is 0.580. The molecule has 3 aromatic rings. The van der Waals surface area contributed by atoms with Crippen molar-refractivity contribution in [3.05, 3.63) is 88.0 Å². The molecule has 0 bridgehead atoms. The van der Waals surface area contributed by atoms with E-state index < -0.39 is 0 Å². The number of phenols is 1. The molecule has 0 radical (unpaired) electrons. The lowest BCUT2D eigenvalue weighted by atomic mass is 10.1. The van der Waals surface area contributed by atoms with Crippen molar-refractivity contribution in [3.8, 4) is 17.6 Å². The number of aromatic hydroxyl groups is 1. The fraction of sp³-hybridized carbons (Fsp3) is 0.0500. The van der Waals surface area contributed by atoms with E-state index in [0.717, 1.165) is 22.4 Å². The van der Waals surface area contributed by atoms with Crippen molar-refractivity contribution in [3.63, 3.8) is 0 Å². The van der Waals surface area contributed by atoms with Gasteiger partial charge in [0.25, 0.3) is 0 Å². The van der Waals surface area contributed by atoms with E-state index in [0.29, 0.717) is 23.3 Å².